The minimum Gasteiger partial charge on any atom is -0.496 e. The Hall–Kier alpha value is -2.49. The summed E-state index contributed by atoms with van der Waals surface area (Å²) in [5.41, 5.74) is 3.07. The quantitative estimate of drug-likeness (QED) is 0.863. The van der Waals surface area contributed by atoms with Gasteiger partial charge in [0.15, 0.2) is 0 Å². The van der Waals surface area contributed by atoms with Crippen molar-refractivity contribution in [2.75, 3.05) is 19.5 Å². The monoisotopic (exact) mass is 312 g/mol. The molecule has 0 spiro atoms. The van der Waals surface area contributed by atoms with Gasteiger partial charge in [-0.25, -0.2) is 4.79 Å². The topological polar surface area (TPSA) is 41.6 Å². The maximum atomic E-state index is 12.3. The highest BCUT2D eigenvalue weighted by atomic mass is 16.5. The van der Waals surface area contributed by atoms with Crippen molar-refractivity contribution >= 4 is 11.7 Å². The highest BCUT2D eigenvalue weighted by molar-refractivity contribution is 5.89. The summed E-state index contributed by atoms with van der Waals surface area (Å²) < 4.78 is 5.32. The second-order valence-corrected chi connectivity index (χ2v) is 5.54. The number of amides is 2. The number of hydrogen-bond donors (Lipinski definition) is 1. The Balaban J connectivity index is 1.97. The SMILES string of the molecule is CCCc1ccc(NC(=O)N(C)Cc2ccccc2OC)cc1. The van der Waals surface area contributed by atoms with Gasteiger partial charge >= 0.3 is 6.03 Å². The summed E-state index contributed by atoms with van der Waals surface area (Å²) in [7, 11) is 3.41. The number of ether oxygens (including phenoxy) is 1. The van der Waals surface area contributed by atoms with E-state index in [9.17, 15) is 4.79 Å². The van der Waals surface area contributed by atoms with Crippen molar-refractivity contribution in [3.05, 3.63) is 59.7 Å². The third kappa shape index (κ3) is 4.74. The zero-order chi connectivity index (χ0) is 16.7. The molecule has 0 saturated carbocycles. The number of nitrogens with one attached hydrogen (secondary N) is 1. The third-order valence-corrected chi connectivity index (χ3v) is 3.69. The van der Waals surface area contributed by atoms with E-state index in [2.05, 4.69) is 24.4 Å². The minimum absolute atomic E-state index is 0.140. The smallest absolute Gasteiger partial charge is 0.321 e. The normalized spacial score (nSPS) is 10.2. The van der Waals surface area contributed by atoms with Crippen molar-refractivity contribution in [3.8, 4) is 5.75 Å². The van der Waals surface area contributed by atoms with Crippen molar-refractivity contribution in [2.45, 2.75) is 26.3 Å². The van der Waals surface area contributed by atoms with E-state index in [1.165, 1.54) is 5.56 Å². The summed E-state index contributed by atoms with van der Waals surface area (Å²) in [6.45, 7) is 2.65. The standard InChI is InChI=1S/C19H24N2O2/c1-4-7-15-10-12-17(13-11-15)20-19(22)21(2)14-16-8-5-6-9-18(16)23-3/h5-6,8-13H,4,7,14H2,1-3H3,(H,20,22). The highest BCUT2D eigenvalue weighted by Crippen LogP contribution is 2.19. The van der Waals surface area contributed by atoms with Gasteiger partial charge in [-0.1, -0.05) is 43.7 Å². The third-order valence-electron chi connectivity index (χ3n) is 3.69. The van der Waals surface area contributed by atoms with E-state index in [0.717, 1.165) is 29.8 Å². The number of urea groups is 1. The molecule has 0 aliphatic heterocycles. The van der Waals surface area contributed by atoms with E-state index in [1.54, 1.807) is 19.1 Å². The summed E-state index contributed by atoms with van der Waals surface area (Å²) in [5, 5.41) is 2.91. The van der Waals surface area contributed by atoms with Gasteiger partial charge in [0, 0.05) is 18.3 Å². The molecule has 0 aliphatic rings. The van der Waals surface area contributed by atoms with Gasteiger partial charge in [0.25, 0.3) is 0 Å². The zero-order valence-corrected chi connectivity index (χ0v) is 14.0. The van der Waals surface area contributed by atoms with Crippen LogP contribution in [-0.4, -0.2) is 25.1 Å². The second kappa shape index (κ2) is 8.22. The van der Waals surface area contributed by atoms with Crippen LogP contribution in [0.2, 0.25) is 0 Å². The maximum Gasteiger partial charge on any atom is 0.321 e. The molecule has 2 aromatic carbocycles. The first-order valence-electron chi connectivity index (χ1n) is 7.87. The first kappa shape index (κ1) is 16.9. The van der Waals surface area contributed by atoms with Crippen molar-refractivity contribution in [2.24, 2.45) is 0 Å². The molecule has 0 aromatic heterocycles. The largest absolute Gasteiger partial charge is 0.496 e. The van der Waals surface area contributed by atoms with Gasteiger partial charge < -0.3 is 15.0 Å². The Bertz CT molecular complexity index is 638. The molecule has 1 N–H and O–H groups in total. The molecule has 0 aliphatic carbocycles. The van der Waals surface area contributed by atoms with Gasteiger partial charge in [-0.2, -0.15) is 0 Å². The fourth-order valence-electron chi connectivity index (χ4n) is 2.42. The van der Waals surface area contributed by atoms with Crippen molar-refractivity contribution in [1.29, 1.82) is 0 Å². The minimum atomic E-state index is -0.140. The molecule has 0 unspecified atom stereocenters. The number of aryl methyl sites for hydroxylation is 1. The van der Waals surface area contributed by atoms with Crippen LogP contribution in [0.4, 0.5) is 10.5 Å². The van der Waals surface area contributed by atoms with E-state index < -0.39 is 0 Å². The number of carbonyl (C=O) groups is 1. The average Bonchev–Trinajstić information content (AvgIpc) is 2.57. The molecule has 2 aromatic rings. The predicted molar refractivity (Wildman–Crippen MR) is 93.9 cm³/mol. The number of rotatable bonds is 6. The van der Waals surface area contributed by atoms with Crippen molar-refractivity contribution in [3.63, 3.8) is 0 Å². The van der Waals surface area contributed by atoms with Crippen LogP contribution in [0.1, 0.15) is 24.5 Å². The molecule has 0 saturated heterocycles. The zero-order valence-electron chi connectivity index (χ0n) is 14.0. The Morgan fingerprint density at radius 3 is 2.48 bits per heavy atom. The van der Waals surface area contributed by atoms with Crippen LogP contribution in [-0.2, 0) is 13.0 Å². The number of benzene rings is 2. The van der Waals surface area contributed by atoms with Crippen LogP contribution in [0.15, 0.2) is 48.5 Å². The molecule has 2 rings (SSSR count). The average molecular weight is 312 g/mol. The Morgan fingerprint density at radius 2 is 1.83 bits per heavy atom. The lowest BCUT2D eigenvalue weighted by atomic mass is 10.1. The lowest BCUT2D eigenvalue weighted by molar-refractivity contribution is 0.220. The van der Waals surface area contributed by atoms with E-state index in [-0.39, 0.29) is 6.03 Å². The van der Waals surface area contributed by atoms with Gasteiger partial charge in [-0.3, -0.25) is 0 Å². The van der Waals surface area contributed by atoms with Gasteiger partial charge in [-0.05, 0) is 30.2 Å². The lowest BCUT2D eigenvalue weighted by Gasteiger charge is -2.19. The highest BCUT2D eigenvalue weighted by Gasteiger charge is 2.11. The molecule has 23 heavy (non-hydrogen) atoms. The van der Waals surface area contributed by atoms with Crippen LogP contribution in [0.5, 0.6) is 5.75 Å². The summed E-state index contributed by atoms with van der Waals surface area (Å²) in [4.78, 5) is 13.9. The van der Waals surface area contributed by atoms with Crippen LogP contribution in [0, 0.1) is 0 Å². The summed E-state index contributed by atoms with van der Waals surface area (Å²) in [5.74, 6) is 0.788. The van der Waals surface area contributed by atoms with Crippen molar-refractivity contribution < 1.29 is 9.53 Å². The molecular weight excluding hydrogens is 288 g/mol. The first-order valence-corrected chi connectivity index (χ1v) is 7.87. The fraction of sp³-hybridized carbons (Fsp3) is 0.316. The van der Waals surface area contributed by atoms with Crippen LogP contribution in [0.25, 0.3) is 0 Å². The van der Waals surface area contributed by atoms with Crippen molar-refractivity contribution in [1.82, 2.24) is 4.90 Å². The Labute approximate surface area is 138 Å². The maximum absolute atomic E-state index is 12.3. The molecule has 2 amide bonds. The number of nitrogens with zero attached hydrogens (tertiary/aromatic N) is 1. The number of para-hydroxylation sites is 1. The molecule has 0 atom stereocenters. The fourth-order valence-corrected chi connectivity index (χ4v) is 2.42. The van der Waals surface area contributed by atoms with E-state index in [0.29, 0.717) is 6.54 Å². The van der Waals surface area contributed by atoms with Gasteiger partial charge in [0.05, 0.1) is 13.7 Å². The summed E-state index contributed by atoms with van der Waals surface area (Å²) in [6, 6.07) is 15.6. The van der Waals surface area contributed by atoms with Gasteiger partial charge in [0.2, 0.25) is 0 Å². The first-order chi connectivity index (χ1) is 11.1. The molecule has 0 heterocycles. The van der Waals surface area contributed by atoms with Gasteiger partial charge in [-0.15, -0.1) is 0 Å². The molecular formula is C19H24N2O2. The molecule has 122 valence electrons. The summed E-state index contributed by atoms with van der Waals surface area (Å²) in [6.07, 6.45) is 2.18. The lowest BCUT2D eigenvalue weighted by Crippen LogP contribution is -2.30. The number of hydrogen-bond acceptors (Lipinski definition) is 2. The van der Waals surface area contributed by atoms with Crippen LogP contribution < -0.4 is 10.1 Å². The molecule has 0 fully saturated rings. The molecule has 4 nitrogen and oxygen atoms in total. The molecule has 0 radical (unpaired) electrons. The number of carbonyl (C=O) groups excluding carboxylic acids is 1. The number of methoxy groups -OCH3 is 1. The Kier molecular flexibility index (Phi) is 6.03. The van der Waals surface area contributed by atoms with E-state index in [1.807, 2.05) is 36.4 Å². The van der Waals surface area contributed by atoms with Crippen LogP contribution in [0.3, 0.4) is 0 Å². The molecule has 0 bridgehead atoms. The Morgan fingerprint density at radius 1 is 1.13 bits per heavy atom. The second-order valence-electron chi connectivity index (χ2n) is 5.54. The molecule has 4 heteroatoms. The van der Waals surface area contributed by atoms with E-state index in [4.69, 9.17) is 4.74 Å². The number of anilines is 1. The summed E-state index contributed by atoms with van der Waals surface area (Å²) >= 11 is 0. The van der Waals surface area contributed by atoms with E-state index >= 15 is 0 Å². The van der Waals surface area contributed by atoms with Crippen LogP contribution >= 0.6 is 0 Å². The predicted octanol–water partition coefficient (Wildman–Crippen LogP) is 4.31. The van der Waals surface area contributed by atoms with Gasteiger partial charge in [0.1, 0.15) is 5.75 Å².